The highest BCUT2D eigenvalue weighted by Gasteiger charge is 2.43. The molecule has 174 valence electrons. The maximum atomic E-state index is 10.6. The van der Waals surface area contributed by atoms with Crippen LogP contribution in [0.4, 0.5) is 13.2 Å². The van der Waals surface area contributed by atoms with Crippen molar-refractivity contribution in [2.75, 3.05) is 33.0 Å². The second-order valence-corrected chi connectivity index (χ2v) is 8.17. The minimum atomic E-state index is -5.08. The number of aliphatic carboxylic acids is 1. The molecule has 31 heavy (non-hydrogen) atoms. The van der Waals surface area contributed by atoms with Gasteiger partial charge in [-0.2, -0.15) is 13.2 Å². The fraction of sp³-hybridized carbons (Fsp3) is 0.682. The molecule has 2 aliphatic heterocycles. The van der Waals surface area contributed by atoms with Crippen molar-refractivity contribution in [2.24, 2.45) is 5.92 Å². The SMILES string of the molecule is O=C(O)C(F)(F)F.c1ccc(CN2CCO[C@H]3[C@H](OCC4CCOCC4)CC[C@@H]32)cc1. The molecule has 3 fully saturated rings. The predicted octanol–water partition coefficient (Wildman–Crippen LogP) is 3.49. The van der Waals surface area contributed by atoms with Crippen LogP contribution in [0.2, 0.25) is 0 Å². The lowest BCUT2D eigenvalue weighted by Gasteiger charge is -2.39. The normalized spacial score (nSPS) is 27.3. The maximum Gasteiger partial charge on any atom is 0.490 e. The molecule has 0 spiro atoms. The van der Waals surface area contributed by atoms with Gasteiger partial charge in [0.1, 0.15) is 0 Å². The molecule has 1 aliphatic carbocycles. The first kappa shape index (κ1) is 24.0. The molecule has 2 heterocycles. The van der Waals surface area contributed by atoms with Crippen LogP contribution in [0.1, 0.15) is 31.2 Å². The van der Waals surface area contributed by atoms with Crippen LogP contribution in [0, 0.1) is 5.92 Å². The molecule has 0 amide bonds. The largest absolute Gasteiger partial charge is 0.490 e. The van der Waals surface area contributed by atoms with Gasteiger partial charge in [0.05, 0.1) is 25.4 Å². The Morgan fingerprint density at radius 2 is 1.77 bits per heavy atom. The van der Waals surface area contributed by atoms with Gasteiger partial charge < -0.3 is 19.3 Å². The minimum absolute atomic E-state index is 0.252. The van der Waals surface area contributed by atoms with Crippen molar-refractivity contribution < 1.29 is 37.3 Å². The molecule has 0 aromatic heterocycles. The Hall–Kier alpha value is -1.68. The van der Waals surface area contributed by atoms with Crippen LogP contribution in [0.3, 0.4) is 0 Å². The fourth-order valence-corrected chi connectivity index (χ4v) is 4.36. The summed E-state index contributed by atoms with van der Waals surface area (Å²) in [6.45, 7) is 5.55. The molecule has 2 saturated heterocycles. The summed E-state index contributed by atoms with van der Waals surface area (Å²) in [5.74, 6) is -2.09. The van der Waals surface area contributed by atoms with E-state index in [-0.39, 0.29) is 12.2 Å². The lowest BCUT2D eigenvalue weighted by Crippen LogP contribution is -2.51. The molecular formula is C22H30F3NO5. The highest BCUT2D eigenvalue weighted by atomic mass is 19.4. The first-order valence-corrected chi connectivity index (χ1v) is 10.7. The average molecular weight is 445 g/mol. The lowest BCUT2D eigenvalue weighted by molar-refractivity contribution is -0.192. The number of halogens is 3. The van der Waals surface area contributed by atoms with Gasteiger partial charge >= 0.3 is 12.1 Å². The first-order valence-electron chi connectivity index (χ1n) is 10.7. The molecule has 1 N–H and O–H groups in total. The first-order chi connectivity index (χ1) is 14.8. The molecule has 1 aromatic rings. The van der Waals surface area contributed by atoms with Crippen molar-refractivity contribution in [3.8, 4) is 0 Å². The third-order valence-electron chi connectivity index (χ3n) is 6.01. The molecule has 3 atom stereocenters. The summed E-state index contributed by atoms with van der Waals surface area (Å²) in [7, 11) is 0. The molecule has 1 aromatic carbocycles. The summed E-state index contributed by atoms with van der Waals surface area (Å²) in [6.07, 6.45) is 0.0439. The van der Waals surface area contributed by atoms with Gasteiger partial charge in [-0.1, -0.05) is 30.3 Å². The third kappa shape index (κ3) is 7.17. The van der Waals surface area contributed by atoms with Crippen LogP contribution in [-0.2, 0) is 25.5 Å². The molecule has 0 unspecified atom stereocenters. The lowest BCUT2D eigenvalue weighted by atomic mass is 10.0. The summed E-state index contributed by atoms with van der Waals surface area (Å²) >= 11 is 0. The summed E-state index contributed by atoms with van der Waals surface area (Å²) in [6, 6.07) is 11.3. The molecule has 9 heteroatoms. The van der Waals surface area contributed by atoms with Crippen molar-refractivity contribution in [2.45, 2.75) is 56.7 Å². The van der Waals surface area contributed by atoms with Crippen LogP contribution in [0.25, 0.3) is 0 Å². The van der Waals surface area contributed by atoms with Crippen molar-refractivity contribution in [3.05, 3.63) is 35.9 Å². The molecule has 1 saturated carbocycles. The third-order valence-corrected chi connectivity index (χ3v) is 6.01. The second-order valence-electron chi connectivity index (χ2n) is 8.17. The standard InChI is InChI=1S/C20H29NO3.C2HF3O2/c1-2-4-16(5-3-1)14-21-10-13-23-20-18(21)6-7-19(20)24-15-17-8-11-22-12-9-17;3-2(4,5)1(6)7/h1-5,17-20H,6-15H2;(H,6,7)/t18-,19+,20+;/m0./s1. The van der Waals surface area contributed by atoms with E-state index in [1.54, 1.807) is 0 Å². The Morgan fingerprint density at radius 1 is 1.10 bits per heavy atom. The number of alkyl halides is 3. The van der Waals surface area contributed by atoms with E-state index >= 15 is 0 Å². The van der Waals surface area contributed by atoms with Crippen molar-refractivity contribution in [3.63, 3.8) is 0 Å². The molecule has 6 nitrogen and oxygen atoms in total. The van der Waals surface area contributed by atoms with E-state index in [4.69, 9.17) is 24.1 Å². The number of nitrogens with zero attached hydrogens (tertiary/aromatic N) is 1. The van der Waals surface area contributed by atoms with E-state index in [0.717, 1.165) is 58.8 Å². The van der Waals surface area contributed by atoms with E-state index in [2.05, 4.69) is 35.2 Å². The topological polar surface area (TPSA) is 68.2 Å². The van der Waals surface area contributed by atoms with Gasteiger partial charge in [-0.25, -0.2) is 4.79 Å². The van der Waals surface area contributed by atoms with Crippen LogP contribution in [-0.4, -0.2) is 73.4 Å². The fourth-order valence-electron chi connectivity index (χ4n) is 4.36. The van der Waals surface area contributed by atoms with Crippen LogP contribution < -0.4 is 0 Å². The van der Waals surface area contributed by atoms with Gasteiger partial charge in [0.2, 0.25) is 0 Å². The number of carbonyl (C=O) groups is 1. The van der Waals surface area contributed by atoms with Crippen LogP contribution >= 0.6 is 0 Å². The number of hydrogen-bond donors (Lipinski definition) is 1. The van der Waals surface area contributed by atoms with E-state index in [9.17, 15) is 13.2 Å². The van der Waals surface area contributed by atoms with Gasteiger partial charge in [0.15, 0.2) is 0 Å². The highest BCUT2D eigenvalue weighted by Crippen LogP contribution is 2.33. The van der Waals surface area contributed by atoms with Gasteiger partial charge in [-0.3, -0.25) is 4.90 Å². The number of benzene rings is 1. The van der Waals surface area contributed by atoms with Gasteiger partial charge in [0, 0.05) is 32.3 Å². The van der Waals surface area contributed by atoms with E-state index < -0.39 is 12.1 Å². The number of fused-ring (bicyclic) bond motifs is 1. The van der Waals surface area contributed by atoms with Gasteiger partial charge in [0.25, 0.3) is 0 Å². The number of ether oxygens (including phenoxy) is 3. The smallest absolute Gasteiger partial charge is 0.475 e. The maximum absolute atomic E-state index is 10.6. The summed E-state index contributed by atoms with van der Waals surface area (Å²) < 4.78 is 49.6. The van der Waals surface area contributed by atoms with Crippen LogP contribution in [0.5, 0.6) is 0 Å². The number of carboxylic acids is 1. The number of carboxylic acid groups (broad SMARTS) is 1. The summed E-state index contributed by atoms with van der Waals surface area (Å²) in [4.78, 5) is 11.5. The van der Waals surface area contributed by atoms with Gasteiger partial charge in [-0.15, -0.1) is 0 Å². The molecule has 0 bridgehead atoms. The Kier molecular flexibility index (Phi) is 8.71. The summed E-state index contributed by atoms with van der Waals surface area (Å²) in [5, 5.41) is 7.12. The molecular weight excluding hydrogens is 415 g/mol. The van der Waals surface area contributed by atoms with Crippen LogP contribution in [0.15, 0.2) is 30.3 Å². The van der Waals surface area contributed by atoms with Crippen molar-refractivity contribution >= 4 is 5.97 Å². The van der Waals surface area contributed by atoms with E-state index in [0.29, 0.717) is 12.0 Å². The van der Waals surface area contributed by atoms with E-state index in [1.165, 1.54) is 12.0 Å². The van der Waals surface area contributed by atoms with Crippen molar-refractivity contribution in [1.29, 1.82) is 0 Å². The molecule has 3 aliphatic rings. The number of rotatable bonds is 5. The number of morpholine rings is 1. The Morgan fingerprint density at radius 3 is 2.42 bits per heavy atom. The Labute approximate surface area is 180 Å². The zero-order valence-corrected chi connectivity index (χ0v) is 17.4. The van der Waals surface area contributed by atoms with Gasteiger partial charge in [-0.05, 0) is 37.2 Å². The average Bonchev–Trinajstić information content (AvgIpc) is 3.18. The Bertz CT molecular complexity index is 681. The van der Waals surface area contributed by atoms with E-state index in [1.807, 2.05) is 0 Å². The zero-order chi connectivity index (χ0) is 22.3. The molecule has 4 rings (SSSR count). The predicted molar refractivity (Wildman–Crippen MR) is 107 cm³/mol. The quantitative estimate of drug-likeness (QED) is 0.749. The zero-order valence-electron chi connectivity index (χ0n) is 17.4. The summed E-state index contributed by atoms with van der Waals surface area (Å²) in [5.41, 5.74) is 1.39. The number of hydrogen-bond acceptors (Lipinski definition) is 5. The Balaban J connectivity index is 0.000000339. The second kappa shape index (κ2) is 11.3. The van der Waals surface area contributed by atoms with Crippen molar-refractivity contribution in [1.82, 2.24) is 4.90 Å². The molecule has 0 radical (unpaired) electrons. The highest BCUT2D eigenvalue weighted by molar-refractivity contribution is 5.73. The minimum Gasteiger partial charge on any atom is -0.475 e. The monoisotopic (exact) mass is 445 g/mol.